The van der Waals surface area contributed by atoms with Crippen molar-refractivity contribution in [2.45, 2.75) is 19.4 Å². The highest BCUT2D eigenvalue weighted by Gasteiger charge is 2.28. The van der Waals surface area contributed by atoms with Crippen LogP contribution >= 0.6 is 43.5 Å². The third kappa shape index (κ3) is 3.46. The fourth-order valence-corrected chi connectivity index (χ4v) is 2.14. The van der Waals surface area contributed by atoms with Gasteiger partial charge in [-0.2, -0.15) is 0 Å². The Hall–Kier alpha value is -0.0600. The van der Waals surface area contributed by atoms with Crippen LogP contribution in [0.2, 0.25) is 5.02 Å². The molecule has 0 N–H and O–H groups in total. The molecule has 0 aliphatic heterocycles. The molecule has 0 aliphatic carbocycles. The van der Waals surface area contributed by atoms with E-state index in [0.29, 0.717) is 15.9 Å². The van der Waals surface area contributed by atoms with E-state index < -0.39 is 0 Å². The molecule has 0 atom stereocenters. The molecule has 2 nitrogen and oxygen atoms in total. The van der Waals surface area contributed by atoms with E-state index in [4.69, 9.17) is 11.6 Å². The average Bonchev–Trinajstić information content (AvgIpc) is 2.30. The number of rotatable bonds is 3. The Kier molecular flexibility index (Phi) is 5.05. The minimum absolute atomic E-state index is 0.0826. The van der Waals surface area contributed by atoms with Gasteiger partial charge < -0.3 is 4.90 Å². The maximum absolute atomic E-state index is 12.3. The molecular formula is C12H14Br2ClNO. The number of amides is 1. The summed E-state index contributed by atoms with van der Waals surface area (Å²) in [5.74, 6) is -0.0826. The monoisotopic (exact) mass is 381 g/mol. The molecule has 0 bridgehead atoms. The zero-order valence-electron chi connectivity index (χ0n) is 9.93. The molecule has 0 spiro atoms. The van der Waals surface area contributed by atoms with Crippen LogP contribution in [0.5, 0.6) is 0 Å². The van der Waals surface area contributed by atoms with E-state index in [9.17, 15) is 4.79 Å². The fourth-order valence-electron chi connectivity index (χ4n) is 1.21. The molecule has 0 aliphatic rings. The van der Waals surface area contributed by atoms with Crippen LogP contribution in [0.3, 0.4) is 0 Å². The van der Waals surface area contributed by atoms with Gasteiger partial charge in [0.1, 0.15) is 0 Å². The second-order valence-corrected chi connectivity index (χ2v) is 6.32. The van der Waals surface area contributed by atoms with Crippen molar-refractivity contribution in [2.75, 3.05) is 12.4 Å². The molecule has 1 rings (SSSR count). The maximum Gasteiger partial charge on any atom is 0.255 e. The molecule has 0 saturated heterocycles. The number of nitrogens with zero attached hydrogens (tertiary/aromatic N) is 1. The first-order chi connectivity index (χ1) is 7.79. The first-order valence-corrected chi connectivity index (χ1v) is 7.38. The van der Waals surface area contributed by atoms with Crippen LogP contribution in [-0.2, 0) is 0 Å². The Bertz CT molecular complexity index is 435. The van der Waals surface area contributed by atoms with E-state index in [0.717, 1.165) is 4.47 Å². The van der Waals surface area contributed by atoms with Gasteiger partial charge in [-0.25, -0.2) is 0 Å². The molecule has 5 heteroatoms. The summed E-state index contributed by atoms with van der Waals surface area (Å²) in [6, 6.07) is 5.27. The van der Waals surface area contributed by atoms with Crippen molar-refractivity contribution >= 4 is 49.4 Å². The quantitative estimate of drug-likeness (QED) is 0.711. The van der Waals surface area contributed by atoms with Gasteiger partial charge in [0.25, 0.3) is 5.91 Å². The number of hydrogen-bond acceptors (Lipinski definition) is 1. The Morgan fingerprint density at radius 1 is 1.47 bits per heavy atom. The summed E-state index contributed by atoms with van der Waals surface area (Å²) < 4.78 is 0.843. The highest BCUT2D eigenvalue weighted by molar-refractivity contribution is 9.10. The van der Waals surface area contributed by atoms with E-state index in [1.54, 1.807) is 24.1 Å². The summed E-state index contributed by atoms with van der Waals surface area (Å²) in [7, 11) is 1.78. The predicted molar refractivity (Wildman–Crippen MR) is 79.1 cm³/mol. The zero-order valence-corrected chi connectivity index (χ0v) is 13.9. The molecule has 1 aromatic carbocycles. The van der Waals surface area contributed by atoms with Crippen LogP contribution in [0, 0.1) is 0 Å². The summed E-state index contributed by atoms with van der Waals surface area (Å²) in [5, 5.41) is 1.17. The third-order valence-electron chi connectivity index (χ3n) is 2.70. The van der Waals surface area contributed by atoms with Crippen molar-refractivity contribution < 1.29 is 4.79 Å². The predicted octanol–water partition coefficient (Wildman–Crippen LogP) is 4.35. The molecule has 1 aromatic rings. The van der Waals surface area contributed by atoms with Crippen LogP contribution in [0.1, 0.15) is 24.2 Å². The topological polar surface area (TPSA) is 20.3 Å². The maximum atomic E-state index is 12.3. The van der Waals surface area contributed by atoms with E-state index in [-0.39, 0.29) is 11.4 Å². The van der Waals surface area contributed by atoms with Crippen LogP contribution in [0.15, 0.2) is 22.7 Å². The van der Waals surface area contributed by atoms with Crippen molar-refractivity contribution in [1.82, 2.24) is 4.90 Å². The molecule has 0 unspecified atom stereocenters. The van der Waals surface area contributed by atoms with Crippen LogP contribution in [0.4, 0.5) is 0 Å². The van der Waals surface area contributed by atoms with Crippen LogP contribution in [0.25, 0.3) is 0 Å². The van der Waals surface area contributed by atoms with E-state index in [2.05, 4.69) is 31.9 Å². The van der Waals surface area contributed by atoms with Gasteiger partial charge in [0.05, 0.1) is 10.6 Å². The van der Waals surface area contributed by atoms with Crippen LogP contribution < -0.4 is 0 Å². The molecule has 17 heavy (non-hydrogen) atoms. The van der Waals surface area contributed by atoms with Gasteiger partial charge in [0.2, 0.25) is 0 Å². The smallest absolute Gasteiger partial charge is 0.255 e. The average molecular weight is 384 g/mol. The van der Waals surface area contributed by atoms with Gasteiger partial charge in [-0.3, -0.25) is 4.79 Å². The van der Waals surface area contributed by atoms with Crippen molar-refractivity contribution in [2.24, 2.45) is 0 Å². The van der Waals surface area contributed by atoms with Crippen LogP contribution in [-0.4, -0.2) is 28.7 Å². The molecule has 1 amide bonds. The molecule has 0 radical (unpaired) electrons. The van der Waals surface area contributed by atoms with Gasteiger partial charge >= 0.3 is 0 Å². The lowest BCUT2D eigenvalue weighted by atomic mass is 10.1. The normalized spacial score (nSPS) is 11.4. The number of halogens is 3. The molecule has 0 saturated carbocycles. The van der Waals surface area contributed by atoms with E-state index >= 15 is 0 Å². The number of alkyl halides is 1. The Balaban J connectivity index is 3.08. The number of hydrogen-bond donors (Lipinski definition) is 0. The van der Waals surface area contributed by atoms with Crippen molar-refractivity contribution in [3.05, 3.63) is 33.3 Å². The summed E-state index contributed by atoms with van der Waals surface area (Å²) in [4.78, 5) is 14.0. The van der Waals surface area contributed by atoms with Gasteiger partial charge in [0, 0.05) is 22.4 Å². The number of carbonyl (C=O) groups excluding carboxylic acids is 1. The minimum Gasteiger partial charge on any atom is -0.336 e. The van der Waals surface area contributed by atoms with Crippen molar-refractivity contribution in [1.29, 1.82) is 0 Å². The molecule has 0 heterocycles. The van der Waals surface area contributed by atoms with Crippen molar-refractivity contribution in [3.63, 3.8) is 0 Å². The third-order valence-corrected chi connectivity index (χ3v) is 4.89. The molecule has 94 valence electrons. The van der Waals surface area contributed by atoms with Gasteiger partial charge in [-0.05, 0) is 32.0 Å². The largest absolute Gasteiger partial charge is 0.336 e. The summed E-state index contributed by atoms with van der Waals surface area (Å²) in [6.07, 6.45) is 0. The highest BCUT2D eigenvalue weighted by Crippen LogP contribution is 2.25. The Labute approximate surface area is 124 Å². The molecule has 0 aromatic heterocycles. The van der Waals surface area contributed by atoms with Crippen molar-refractivity contribution in [3.8, 4) is 0 Å². The lowest BCUT2D eigenvalue weighted by molar-refractivity contribution is 0.0664. The number of carbonyl (C=O) groups is 1. The fraction of sp³-hybridized carbons (Fsp3) is 0.417. The lowest BCUT2D eigenvalue weighted by Crippen LogP contribution is -2.46. The first kappa shape index (κ1) is 15.0. The SMILES string of the molecule is CN(C(=O)c1cc(Br)ccc1Cl)C(C)(C)CBr. The Morgan fingerprint density at radius 2 is 2.06 bits per heavy atom. The second-order valence-electron chi connectivity index (χ2n) is 4.43. The Morgan fingerprint density at radius 3 is 2.59 bits per heavy atom. The van der Waals surface area contributed by atoms with Gasteiger partial charge in [-0.1, -0.05) is 43.5 Å². The zero-order chi connectivity index (χ0) is 13.2. The molecule has 0 fully saturated rings. The highest BCUT2D eigenvalue weighted by atomic mass is 79.9. The first-order valence-electron chi connectivity index (χ1n) is 5.09. The standard InChI is InChI=1S/C12H14Br2ClNO/c1-12(2,7-13)16(3)11(17)9-6-8(14)4-5-10(9)15/h4-6H,7H2,1-3H3. The summed E-state index contributed by atoms with van der Waals surface area (Å²) in [5.41, 5.74) is 0.250. The van der Waals surface area contributed by atoms with E-state index in [1.165, 1.54) is 0 Å². The van der Waals surface area contributed by atoms with Gasteiger partial charge in [0.15, 0.2) is 0 Å². The molecular weight excluding hydrogens is 369 g/mol. The lowest BCUT2D eigenvalue weighted by Gasteiger charge is -2.34. The number of benzene rings is 1. The summed E-state index contributed by atoms with van der Waals surface area (Å²) in [6.45, 7) is 3.98. The minimum atomic E-state index is -0.261. The second kappa shape index (κ2) is 5.72. The van der Waals surface area contributed by atoms with E-state index in [1.807, 2.05) is 19.9 Å². The van der Waals surface area contributed by atoms with Gasteiger partial charge in [-0.15, -0.1) is 0 Å². The summed E-state index contributed by atoms with van der Waals surface area (Å²) >= 11 is 12.8.